The number of H-pyrrole nitrogens is 2. The molecule has 1 amide bonds. The summed E-state index contributed by atoms with van der Waals surface area (Å²) < 4.78 is 0. The number of rotatable bonds is 10. The van der Waals surface area contributed by atoms with Crippen molar-refractivity contribution in [3.63, 3.8) is 0 Å². The van der Waals surface area contributed by atoms with Crippen LogP contribution in [0.2, 0.25) is 0 Å². The number of amides is 1. The second-order valence-corrected chi connectivity index (χ2v) is 12.7. The number of aromatic amines is 2. The van der Waals surface area contributed by atoms with Gasteiger partial charge in [0, 0.05) is 57.1 Å². The van der Waals surface area contributed by atoms with E-state index in [2.05, 4.69) is 21.9 Å². The van der Waals surface area contributed by atoms with Gasteiger partial charge in [-0.1, -0.05) is 26.5 Å². The summed E-state index contributed by atoms with van der Waals surface area (Å²) in [4.78, 5) is 66.1. The van der Waals surface area contributed by atoms with Crippen molar-refractivity contribution in [1.29, 1.82) is 0 Å². The molecule has 0 saturated heterocycles. The maximum Gasteiger partial charge on any atom is 0.338 e. The molecule has 12 nitrogen and oxygen atoms in total. The van der Waals surface area contributed by atoms with Crippen LogP contribution in [-0.4, -0.2) is 65.1 Å². The Morgan fingerprint density at radius 3 is 2.24 bits per heavy atom. The summed E-state index contributed by atoms with van der Waals surface area (Å²) in [6.07, 6.45) is 2.07. The standard InChI is InChI=1S/C37H41N5O7/c1-8-21-16(3)25-13-27-18(5)23(10-11-31(43)38-20(7)36(46)47)34(41-27)24(12-32(44)45)35-33(37(48)49)19(6)28(42-35)15-30-22(9-2)17(4)26(40-30)14-29(21)39-25/h8,13-15,18,20,23,39-40H,1,9-12H2,2-7H3,(H,38,43)(H,44,45)(H,46,47)(H,48,49)/t18?,20-,23?/m0/s1. The molecule has 0 fully saturated rings. The number of allylic oxidation sites excluding steroid dienone is 1. The summed E-state index contributed by atoms with van der Waals surface area (Å²) in [5.41, 5.74) is 8.92. The Kier molecular flexibility index (Phi) is 9.62. The molecular weight excluding hydrogens is 626 g/mol. The smallest absolute Gasteiger partial charge is 0.338 e. The highest BCUT2D eigenvalue weighted by Gasteiger charge is 2.35. The van der Waals surface area contributed by atoms with Gasteiger partial charge in [0.15, 0.2) is 0 Å². The van der Waals surface area contributed by atoms with Gasteiger partial charge in [0.05, 0.1) is 29.1 Å². The summed E-state index contributed by atoms with van der Waals surface area (Å²) in [5, 5.41) is 32.3. The normalized spacial score (nSPS) is 16.4. The molecule has 0 aromatic carbocycles. The number of nitrogens with one attached hydrogen (secondary N) is 3. The Balaban J connectivity index is 1.91. The number of carbonyl (C=O) groups excluding carboxylic acids is 1. The van der Waals surface area contributed by atoms with Gasteiger partial charge in [-0.15, -0.1) is 0 Å². The first-order chi connectivity index (χ1) is 23.2. The molecule has 49 heavy (non-hydrogen) atoms. The molecule has 6 N–H and O–H groups in total. The zero-order chi connectivity index (χ0) is 35.9. The molecule has 3 aromatic rings. The molecule has 8 bridgehead atoms. The molecule has 0 saturated carbocycles. The van der Waals surface area contributed by atoms with E-state index in [1.807, 2.05) is 39.8 Å². The van der Waals surface area contributed by atoms with E-state index in [0.717, 1.165) is 44.3 Å². The molecule has 3 atom stereocenters. The van der Waals surface area contributed by atoms with Crippen LogP contribution in [0.4, 0.5) is 0 Å². The molecule has 256 valence electrons. The number of hydrogen-bond donors (Lipinski definition) is 6. The fraction of sp³-hybridized carbons (Fsp3) is 0.351. The van der Waals surface area contributed by atoms with Crippen LogP contribution in [0, 0.1) is 13.8 Å². The molecule has 0 spiro atoms. The number of carbonyl (C=O) groups is 4. The highest BCUT2D eigenvalue weighted by Crippen LogP contribution is 2.43. The molecule has 5 rings (SSSR count). The lowest BCUT2D eigenvalue weighted by Crippen LogP contribution is -2.38. The predicted octanol–water partition coefficient (Wildman–Crippen LogP) is 6.04. The maximum atomic E-state index is 12.8. The quantitative estimate of drug-likeness (QED) is 0.149. The fourth-order valence-corrected chi connectivity index (χ4v) is 6.91. The minimum absolute atomic E-state index is 0.0206. The Hall–Kier alpha value is -5.52. The van der Waals surface area contributed by atoms with E-state index in [9.17, 15) is 34.5 Å². The number of nitrogens with zero attached hydrogens (tertiary/aromatic N) is 2. The number of carboxylic acid groups (broad SMARTS) is 3. The van der Waals surface area contributed by atoms with Crippen LogP contribution in [0.25, 0.3) is 39.3 Å². The molecule has 2 aliphatic rings. The third-order valence-electron chi connectivity index (χ3n) is 9.70. The van der Waals surface area contributed by atoms with Gasteiger partial charge in [-0.05, 0) is 81.0 Å². The zero-order valence-corrected chi connectivity index (χ0v) is 28.4. The second kappa shape index (κ2) is 13.5. The topological polar surface area (TPSA) is 198 Å². The third-order valence-corrected chi connectivity index (χ3v) is 9.70. The number of aliphatic carboxylic acids is 3. The van der Waals surface area contributed by atoms with E-state index in [1.54, 1.807) is 19.1 Å². The molecule has 0 radical (unpaired) electrons. The number of fused-ring (bicyclic) bond motifs is 8. The first kappa shape index (κ1) is 34.8. The van der Waals surface area contributed by atoms with E-state index < -0.39 is 42.2 Å². The van der Waals surface area contributed by atoms with Crippen molar-refractivity contribution in [3.8, 4) is 0 Å². The summed E-state index contributed by atoms with van der Waals surface area (Å²) in [6.45, 7) is 15.0. The number of carboxylic acids is 3. The van der Waals surface area contributed by atoms with Crippen molar-refractivity contribution < 1.29 is 34.5 Å². The van der Waals surface area contributed by atoms with Crippen LogP contribution < -0.4 is 5.32 Å². The van der Waals surface area contributed by atoms with Gasteiger partial charge in [0.2, 0.25) is 5.91 Å². The van der Waals surface area contributed by atoms with Gasteiger partial charge in [-0.3, -0.25) is 19.4 Å². The molecule has 2 aliphatic heterocycles. The lowest BCUT2D eigenvalue weighted by molar-refractivity contribution is -0.141. The lowest BCUT2D eigenvalue weighted by Gasteiger charge is -2.19. The van der Waals surface area contributed by atoms with Crippen LogP contribution in [0.5, 0.6) is 0 Å². The second-order valence-electron chi connectivity index (χ2n) is 12.7. The van der Waals surface area contributed by atoms with Gasteiger partial charge < -0.3 is 30.6 Å². The molecule has 0 aliphatic carbocycles. The average molecular weight is 668 g/mol. The predicted molar refractivity (Wildman–Crippen MR) is 187 cm³/mol. The van der Waals surface area contributed by atoms with Crippen molar-refractivity contribution in [2.24, 2.45) is 0 Å². The summed E-state index contributed by atoms with van der Waals surface area (Å²) >= 11 is 0. The molecule has 12 heteroatoms. The molecular formula is C37H41N5O7. The van der Waals surface area contributed by atoms with Crippen molar-refractivity contribution in [2.75, 3.05) is 0 Å². The van der Waals surface area contributed by atoms with Gasteiger partial charge in [0.1, 0.15) is 6.04 Å². The van der Waals surface area contributed by atoms with Gasteiger partial charge >= 0.3 is 17.9 Å². The average Bonchev–Trinajstić information content (AvgIpc) is 3.71. The van der Waals surface area contributed by atoms with Crippen LogP contribution in [0.15, 0.2) is 24.8 Å². The highest BCUT2D eigenvalue weighted by atomic mass is 16.4. The van der Waals surface area contributed by atoms with Crippen molar-refractivity contribution in [1.82, 2.24) is 25.3 Å². The van der Waals surface area contributed by atoms with Crippen LogP contribution >= 0.6 is 0 Å². The molecule has 2 unspecified atom stereocenters. The van der Waals surface area contributed by atoms with E-state index in [4.69, 9.17) is 9.97 Å². The van der Waals surface area contributed by atoms with E-state index >= 15 is 0 Å². The van der Waals surface area contributed by atoms with Gasteiger partial charge in [0.25, 0.3) is 0 Å². The number of aromatic nitrogens is 4. The van der Waals surface area contributed by atoms with Gasteiger partial charge in [-0.2, -0.15) is 0 Å². The monoisotopic (exact) mass is 667 g/mol. The van der Waals surface area contributed by atoms with E-state index in [-0.39, 0.29) is 35.6 Å². The zero-order valence-electron chi connectivity index (χ0n) is 28.4. The SMILES string of the molecule is C=Cc1c(C)c2cc3nc(c(CC(=O)O)c4nc(cc5[nH]c(cc1[nH]2)c(C)c5CC)C(C)=C4C(=O)O)C(CCC(=O)N[C@@H](C)C(=O)O)C3C. The van der Waals surface area contributed by atoms with Crippen LogP contribution in [-0.2, 0) is 32.0 Å². The Labute approximate surface area is 283 Å². The third kappa shape index (κ3) is 6.50. The Bertz CT molecular complexity index is 2120. The number of hydrogen-bond acceptors (Lipinski definition) is 6. The van der Waals surface area contributed by atoms with Crippen molar-refractivity contribution in [3.05, 3.63) is 75.4 Å². The van der Waals surface area contributed by atoms with Crippen LogP contribution in [0.1, 0.15) is 103 Å². The summed E-state index contributed by atoms with van der Waals surface area (Å²) in [5.74, 6) is -4.92. The van der Waals surface area contributed by atoms with Crippen molar-refractivity contribution in [2.45, 2.75) is 85.1 Å². The Morgan fingerprint density at radius 1 is 0.959 bits per heavy atom. The van der Waals surface area contributed by atoms with Gasteiger partial charge in [-0.25, -0.2) is 9.78 Å². The van der Waals surface area contributed by atoms with Crippen molar-refractivity contribution >= 4 is 63.1 Å². The summed E-state index contributed by atoms with van der Waals surface area (Å²) in [7, 11) is 0. The largest absolute Gasteiger partial charge is 0.481 e. The highest BCUT2D eigenvalue weighted by molar-refractivity contribution is 6.24. The molecule has 5 heterocycles. The van der Waals surface area contributed by atoms with E-state index in [0.29, 0.717) is 29.1 Å². The first-order valence-electron chi connectivity index (χ1n) is 16.2. The Morgan fingerprint density at radius 2 is 1.63 bits per heavy atom. The van der Waals surface area contributed by atoms with Crippen LogP contribution in [0.3, 0.4) is 0 Å². The first-order valence-corrected chi connectivity index (χ1v) is 16.2. The molecule has 3 aromatic heterocycles. The minimum atomic E-state index is -1.25. The summed E-state index contributed by atoms with van der Waals surface area (Å²) in [6, 6.07) is 4.63. The van der Waals surface area contributed by atoms with E-state index in [1.165, 1.54) is 6.92 Å². The minimum Gasteiger partial charge on any atom is -0.481 e. The lowest BCUT2D eigenvalue weighted by atomic mass is 9.84. The maximum absolute atomic E-state index is 12.8. The number of aryl methyl sites for hydroxylation is 3. The fourth-order valence-electron chi connectivity index (χ4n) is 6.91.